The summed E-state index contributed by atoms with van der Waals surface area (Å²) in [6.45, 7) is 5.95. The summed E-state index contributed by atoms with van der Waals surface area (Å²) >= 11 is 1.29. The van der Waals surface area contributed by atoms with Crippen molar-refractivity contribution in [2.24, 2.45) is 0 Å². The van der Waals surface area contributed by atoms with Crippen molar-refractivity contribution in [1.29, 1.82) is 0 Å². The number of carbonyl (C=O) groups excluding carboxylic acids is 1. The molecule has 0 saturated heterocycles. The van der Waals surface area contributed by atoms with Gasteiger partial charge in [-0.15, -0.1) is 10.2 Å². The second-order valence-corrected chi connectivity index (χ2v) is 8.95. The van der Waals surface area contributed by atoms with Crippen LogP contribution in [0.2, 0.25) is 0 Å². The smallest absolute Gasteiger partial charge is 0.277 e. The van der Waals surface area contributed by atoms with E-state index in [1.807, 2.05) is 39.0 Å². The van der Waals surface area contributed by atoms with Crippen molar-refractivity contribution in [1.82, 2.24) is 15.5 Å². The highest BCUT2D eigenvalue weighted by molar-refractivity contribution is 8.00. The van der Waals surface area contributed by atoms with Crippen molar-refractivity contribution in [3.8, 4) is 11.5 Å². The zero-order valence-corrected chi connectivity index (χ0v) is 17.8. The highest BCUT2D eigenvalue weighted by Crippen LogP contribution is 2.31. The van der Waals surface area contributed by atoms with Crippen LogP contribution in [0.5, 0.6) is 0 Å². The van der Waals surface area contributed by atoms with Gasteiger partial charge in [-0.2, -0.15) is 0 Å². The summed E-state index contributed by atoms with van der Waals surface area (Å²) in [5.41, 5.74) is 5.76. The first-order valence-corrected chi connectivity index (χ1v) is 10.8. The molecule has 6 heteroatoms. The number of nitrogens with zero attached hydrogens (tertiary/aromatic N) is 2. The summed E-state index contributed by atoms with van der Waals surface area (Å²) in [6.07, 6.45) is 3.14. The number of carbonyl (C=O) groups is 1. The SMILES string of the molecule is Cc1cc(C)cc(-c2nnc(S[C@H](C)C(=O)N[C@@H]3CCCc4ccccc43)o2)c1. The number of nitrogens with one attached hydrogen (secondary N) is 1. The molecule has 1 aliphatic carbocycles. The van der Waals surface area contributed by atoms with Gasteiger partial charge >= 0.3 is 0 Å². The lowest BCUT2D eigenvalue weighted by Gasteiger charge is -2.27. The number of aryl methyl sites for hydroxylation is 3. The zero-order valence-electron chi connectivity index (χ0n) is 16.9. The van der Waals surface area contributed by atoms with Crippen LogP contribution >= 0.6 is 11.8 Å². The average Bonchev–Trinajstić information content (AvgIpc) is 3.16. The Morgan fingerprint density at radius 2 is 1.93 bits per heavy atom. The van der Waals surface area contributed by atoms with E-state index in [1.165, 1.54) is 22.9 Å². The van der Waals surface area contributed by atoms with Gasteiger partial charge in [-0.25, -0.2) is 0 Å². The van der Waals surface area contributed by atoms with Crippen LogP contribution in [-0.4, -0.2) is 21.4 Å². The van der Waals surface area contributed by atoms with Gasteiger partial charge < -0.3 is 9.73 Å². The predicted molar refractivity (Wildman–Crippen MR) is 115 cm³/mol. The second-order valence-electron chi connectivity index (χ2n) is 7.66. The fourth-order valence-electron chi connectivity index (χ4n) is 3.87. The maximum Gasteiger partial charge on any atom is 0.277 e. The summed E-state index contributed by atoms with van der Waals surface area (Å²) in [5.74, 6) is 0.468. The highest BCUT2D eigenvalue weighted by Gasteiger charge is 2.25. The van der Waals surface area contributed by atoms with Crippen molar-refractivity contribution in [2.45, 2.75) is 56.5 Å². The van der Waals surface area contributed by atoms with Crippen LogP contribution in [0.4, 0.5) is 0 Å². The molecule has 1 heterocycles. The molecule has 0 spiro atoms. The normalized spacial score (nSPS) is 16.9. The van der Waals surface area contributed by atoms with E-state index in [0.717, 1.165) is 36.0 Å². The number of thioether (sulfide) groups is 1. The fraction of sp³-hybridized carbons (Fsp3) is 0.348. The standard InChI is InChI=1S/C23H25N3O2S/c1-14-11-15(2)13-18(12-14)22-25-26-23(28-22)29-16(3)21(27)24-20-10-6-8-17-7-4-5-9-19(17)20/h4-5,7,9,11-13,16,20H,6,8,10H2,1-3H3,(H,24,27)/t16-,20-/m1/s1. The molecule has 0 unspecified atom stereocenters. The van der Waals surface area contributed by atoms with Crippen LogP contribution in [0.1, 0.15) is 48.1 Å². The van der Waals surface area contributed by atoms with E-state index in [-0.39, 0.29) is 17.2 Å². The molecular formula is C23H25N3O2S. The fourth-order valence-corrected chi connectivity index (χ4v) is 4.56. The molecule has 1 N–H and O–H groups in total. The second kappa shape index (κ2) is 8.41. The summed E-state index contributed by atoms with van der Waals surface area (Å²) < 4.78 is 5.81. The van der Waals surface area contributed by atoms with Crippen LogP contribution in [0, 0.1) is 13.8 Å². The summed E-state index contributed by atoms with van der Waals surface area (Å²) in [4.78, 5) is 12.8. The van der Waals surface area contributed by atoms with Gasteiger partial charge in [0.15, 0.2) is 0 Å². The van der Waals surface area contributed by atoms with Gasteiger partial charge in [-0.3, -0.25) is 4.79 Å². The molecule has 2 aromatic carbocycles. The average molecular weight is 408 g/mol. The number of benzene rings is 2. The molecule has 150 valence electrons. The van der Waals surface area contributed by atoms with E-state index in [1.54, 1.807) is 0 Å². The van der Waals surface area contributed by atoms with Crippen molar-refractivity contribution in [3.63, 3.8) is 0 Å². The van der Waals surface area contributed by atoms with Gasteiger partial charge in [0.25, 0.3) is 5.22 Å². The van der Waals surface area contributed by atoms with Crippen molar-refractivity contribution in [2.75, 3.05) is 0 Å². The van der Waals surface area contributed by atoms with Crippen molar-refractivity contribution < 1.29 is 9.21 Å². The third kappa shape index (κ3) is 4.53. The quantitative estimate of drug-likeness (QED) is 0.601. The summed E-state index contributed by atoms with van der Waals surface area (Å²) in [6, 6.07) is 14.6. The van der Waals surface area contributed by atoms with E-state index >= 15 is 0 Å². The Morgan fingerprint density at radius 1 is 1.17 bits per heavy atom. The first-order chi connectivity index (χ1) is 14.0. The predicted octanol–water partition coefficient (Wildman–Crippen LogP) is 5.03. The number of fused-ring (bicyclic) bond motifs is 1. The van der Waals surface area contributed by atoms with Crippen LogP contribution < -0.4 is 5.32 Å². The minimum atomic E-state index is -0.323. The molecule has 3 aromatic rings. The van der Waals surface area contributed by atoms with Crippen LogP contribution in [0.3, 0.4) is 0 Å². The molecule has 0 bridgehead atoms. The number of hydrogen-bond acceptors (Lipinski definition) is 5. The minimum Gasteiger partial charge on any atom is -0.411 e. The van der Waals surface area contributed by atoms with Gasteiger partial charge in [0.05, 0.1) is 11.3 Å². The third-order valence-electron chi connectivity index (χ3n) is 5.21. The Hall–Kier alpha value is -2.60. The molecule has 1 aromatic heterocycles. The van der Waals surface area contributed by atoms with Crippen LogP contribution in [0.15, 0.2) is 52.1 Å². The number of hydrogen-bond donors (Lipinski definition) is 1. The molecule has 0 fully saturated rings. The maximum atomic E-state index is 12.8. The van der Waals surface area contributed by atoms with Gasteiger partial charge in [0, 0.05) is 5.56 Å². The first kappa shape index (κ1) is 19.7. The molecular weight excluding hydrogens is 382 g/mol. The molecule has 1 aliphatic rings. The Bertz CT molecular complexity index is 1010. The Balaban J connectivity index is 1.42. The Morgan fingerprint density at radius 3 is 2.72 bits per heavy atom. The zero-order chi connectivity index (χ0) is 20.4. The number of amides is 1. The molecule has 0 saturated carbocycles. The highest BCUT2D eigenvalue weighted by atomic mass is 32.2. The van der Waals surface area contributed by atoms with Gasteiger partial charge in [-0.1, -0.05) is 53.2 Å². The number of aromatic nitrogens is 2. The minimum absolute atomic E-state index is 0.0112. The first-order valence-electron chi connectivity index (χ1n) is 9.96. The lowest BCUT2D eigenvalue weighted by molar-refractivity contribution is -0.121. The Labute approximate surface area is 175 Å². The third-order valence-corrected chi connectivity index (χ3v) is 6.14. The molecule has 1 amide bonds. The van der Waals surface area contributed by atoms with Crippen molar-refractivity contribution in [3.05, 3.63) is 64.7 Å². The van der Waals surface area contributed by atoms with Gasteiger partial charge in [0.1, 0.15) is 0 Å². The molecule has 2 atom stereocenters. The lowest BCUT2D eigenvalue weighted by Crippen LogP contribution is -2.35. The molecule has 29 heavy (non-hydrogen) atoms. The maximum absolute atomic E-state index is 12.8. The van der Waals surface area contributed by atoms with Gasteiger partial charge in [0.2, 0.25) is 11.8 Å². The topological polar surface area (TPSA) is 68.0 Å². The number of rotatable bonds is 5. The van der Waals surface area contributed by atoms with E-state index in [9.17, 15) is 4.79 Å². The summed E-state index contributed by atoms with van der Waals surface area (Å²) in [7, 11) is 0. The van der Waals surface area contributed by atoms with Crippen molar-refractivity contribution >= 4 is 17.7 Å². The molecule has 4 rings (SSSR count). The van der Waals surface area contributed by atoms with Gasteiger partial charge in [-0.05, 0) is 63.3 Å². The van der Waals surface area contributed by atoms with E-state index in [4.69, 9.17) is 4.42 Å². The lowest BCUT2D eigenvalue weighted by atomic mass is 9.88. The molecule has 0 aliphatic heterocycles. The van der Waals surface area contributed by atoms with Crippen LogP contribution in [0.25, 0.3) is 11.5 Å². The van der Waals surface area contributed by atoms with E-state index in [0.29, 0.717) is 11.1 Å². The Kier molecular flexibility index (Phi) is 5.72. The monoisotopic (exact) mass is 407 g/mol. The van der Waals surface area contributed by atoms with E-state index < -0.39 is 0 Å². The van der Waals surface area contributed by atoms with Crippen LogP contribution in [-0.2, 0) is 11.2 Å². The summed E-state index contributed by atoms with van der Waals surface area (Å²) in [5, 5.41) is 11.6. The largest absolute Gasteiger partial charge is 0.411 e. The molecule has 0 radical (unpaired) electrons. The van der Waals surface area contributed by atoms with E-state index in [2.05, 4.69) is 39.8 Å². The molecule has 5 nitrogen and oxygen atoms in total.